The van der Waals surface area contributed by atoms with Crippen LogP contribution in [0.15, 0.2) is 58.2 Å². The molecule has 0 aliphatic carbocycles. The van der Waals surface area contributed by atoms with Crippen LogP contribution in [0.5, 0.6) is 0 Å². The molecule has 1 amide bonds. The molecule has 0 fully saturated rings. The van der Waals surface area contributed by atoms with E-state index in [0.29, 0.717) is 12.2 Å². The highest BCUT2D eigenvalue weighted by Crippen LogP contribution is 2.17. The highest BCUT2D eigenvalue weighted by molar-refractivity contribution is 5.92. The van der Waals surface area contributed by atoms with Crippen LogP contribution in [-0.2, 0) is 12.8 Å². The smallest absolute Gasteiger partial charge is 0.338 e. The van der Waals surface area contributed by atoms with E-state index in [2.05, 4.69) is 40.7 Å². The largest absolute Gasteiger partial charge is 0.361 e. The quantitative estimate of drug-likeness (QED) is 0.669. The third-order valence-corrected chi connectivity index (χ3v) is 3.56. The lowest BCUT2D eigenvalue weighted by Crippen LogP contribution is -1.92. The van der Waals surface area contributed by atoms with Crippen LogP contribution in [0.4, 0.5) is 0 Å². The van der Waals surface area contributed by atoms with E-state index in [1.54, 1.807) is 0 Å². The maximum Gasteiger partial charge on any atom is 0.338 e. The Morgan fingerprint density at radius 3 is 2.68 bits per heavy atom. The summed E-state index contributed by atoms with van der Waals surface area (Å²) in [5.74, 6) is -0.308. The number of benzene rings is 2. The molecule has 0 saturated heterocycles. The Bertz CT molecular complexity index is 823. The molecular weight excluding hydrogens is 280 g/mol. The Labute approximate surface area is 126 Å². The van der Waals surface area contributed by atoms with Gasteiger partial charge in [-0.05, 0) is 29.2 Å². The SMILES string of the molecule is O=NC(=O)c1cc(CCCc2ccc3ccccc3c2)on1. The Kier molecular flexibility index (Phi) is 4.05. The van der Waals surface area contributed by atoms with E-state index in [4.69, 9.17) is 4.52 Å². The lowest BCUT2D eigenvalue weighted by molar-refractivity contribution is 0.0992. The first-order chi connectivity index (χ1) is 10.8. The number of amides is 1. The normalized spacial score (nSPS) is 10.7. The number of carbonyl (C=O) groups is 1. The number of aryl methyl sites for hydroxylation is 2. The zero-order chi connectivity index (χ0) is 15.4. The van der Waals surface area contributed by atoms with Gasteiger partial charge >= 0.3 is 5.91 Å². The summed E-state index contributed by atoms with van der Waals surface area (Å²) in [6.07, 6.45) is 2.43. The molecule has 22 heavy (non-hydrogen) atoms. The van der Waals surface area contributed by atoms with E-state index in [9.17, 15) is 9.70 Å². The first-order valence-electron chi connectivity index (χ1n) is 7.07. The molecule has 0 saturated carbocycles. The van der Waals surface area contributed by atoms with Gasteiger partial charge in [0, 0.05) is 17.7 Å². The molecule has 5 heteroatoms. The van der Waals surface area contributed by atoms with Crippen molar-refractivity contribution in [3.05, 3.63) is 70.5 Å². The monoisotopic (exact) mass is 294 g/mol. The van der Waals surface area contributed by atoms with Crippen LogP contribution < -0.4 is 0 Å². The molecule has 110 valence electrons. The minimum Gasteiger partial charge on any atom is -0.361 e. The maximum absolute atomic E-state index is 11.0. The van der Waals surface area contributed by atoms with Crippen LogP contribution in [0.3, 0.4) is 0 Å². The third kappa shape index (κ3) is 3.09. The predicted octanol–water partition coefficient (Wildman–Crippen LogP) is 3.91. The number of carbonyl (C=O) groups excluding carboxylic acids is 1. The van der Waals surface area contributed by atoms with E-state index in [-0.39, 0.29) is 5.69 Å². The van der Waals surface area contributed by atoms with Gasteiger partial charge in [0.15, 0.2) is 5.69 Å². The van der Waals surface area contributed by atoms with Gasteiger partial charge in [-0.1, -0.05) is 47.6 Å². The number of nitroso groups, excluding NO2 is 1. The summed E-state index contributed by atoms with van der Waals surface area (Å²) < 4.78 is 5.03. The second kappa shape index (κ2) is 6.30. The van der Waals surface area contributed by atoms with Crippen molar-refractivity contribution in [1.29, 1.82) is 0 Å². The average molecular weight is 294 g/mol. The molecule has 0 spiro atoms. The van der Waals surface area contributed by atoms with Crippen molar-refractivity contribution >= 4 is 16.7 Å². The minimum absolute atomic E-state index is 0.0318. The van der Waals surface area contributed by atoms with Crippen molar-refractivity contribution in [3.8, 4) is 0 Å². The molecule has 0 unspecified atom stereocenters. The number of nitrogens with zero attached hydrogens (tertiary/aromatic N) is 2. The van der Waals surface area contributed by atoms with Gasteiger partial charge in [-0.2, -0.15) is 0 Å². The zero-order valence-corrected chi connectivity index (χ0v) is 11.9. The van der Waals surface area contributed by atoms with Gasteiger partial charge in [-0.3, -0.25) is 4.79 Å². The number of fused-ring (bicyclic) bond motifs is 1. The molecular formula is C17H14N2O3. The van der Waals surface area contributed by atoms with Crippen LogP contribution in [0.1, 0.15) is 28.2 Å². The fourth-order valence-corrected chi connectivity index (χ4v) is 2.44. The van der Waals surface area contributed by atoms with Gasteiger partial charge in [0.05, 0.1) is 0 Å². The van der Waals surface area contributed by atoms with E-state index < -0.39 is 5.91 Å². The summed E-state index contributed by atoms with van der Waals surface area (Å²) in [6, 6.07) is 16.1. The summed E-state index contributed by atoms with van der Waals surface area (Å²) in [4.78, 5) is 21.2. The van der Waals surface area contributed by atoms with Crippen molar-refractivity contribution in [1.82, 2.24) is 5.16 Å². The molecule has 2 aromatic carbocycles. The molecule has 0 aliphatic heterocycles. The molecule has 0 N–H and O–H groups in total. The Balaban J connectivity index is 1.61. The molecule has 5 nitrogen and oxygen atoms in total. The van der Waals surface area contributed by atoms with Crippen LogP contribution >= 0.6 is 0 Å². The van der Waals surface area contributed by atoms with Gasteiger partial charge in [-0.25, -0.2) is 0 Å². The second-order valence-electron chi connectivity index (χ2n) is 5.11. The van der Waals surface area contributed by atoms with Crippen LogP contribution in [0, 0.1) is 4.91 Å². The van der Waals surface area contributed by atoms with Crippen molar-refractivity contribution < 1.29 is 9.32 Å². The highest BCUT2D eigenvalue weighted by atomic mass is 16.5. The summed E-state index contributed by atoms with van der Waals surface area (Å²) in [7, 11) is 0. The molecule has 3 aromatic rings. The topological polar surface area (TPSA) is 72.5 Å². The van der Waals surface area contributed by atoms with Gasteiger partial charge in [0.1, 0.15) is 5.76 Å². The zero-order valence-electron chi connectivity index (χ0n) is 11.9. The first kappa shape index (κ1) is 14.1. The second-order valence-corrected chi connectivity index (χ2v) is 5.11. The average Bonchev–Trinajstić information content (AvgIpc) is 3.03. The molecule has 1 heterocycles. The number of rotatable bonds is 5. The maximum atomic E-state index is 11.0. The summed E-state index contributed by atoms with van der Waals surface area (Å²) in [6.45, 7) is 0. The van der Waals surface area contributed by atoms with Gasteiger partial charge in [0.2, 0.25) is 0 Å². The first-order valence-corrected chi connectivity index (χ1v) is 7.07. The Morgan fingerprint density at radius 1 is 1.05 bits per heavy atom. The molecule has 0 atom stereocenters. The van der Waals surface area contributed by atoms with E-state index in [0.717, 1.165) is 12.8 Å². The lowest BCUT2D eigenvalue weighted by Gasteiger charge is -2.03. The van der Waals surface area contributed by atoms with Crippen LogP contribution in [0.2, 0.25) is 0 Å². The van der Waals surface area contributed by atoms with Crippen LogP contribution in [0.25, 0.3) is 10.8 Å². The number of hydrogen-bond donors (Lipinski definition) is 0. The molecule has 0 radical (unpaired) electrons. The fourth-order valence-electron chi connectivity index (χ4n) is 2.44. The molecule has 0 bridgehead atoms. The fraction of sp³-hybridized carbons (Fsp3) is 0.176. The summed E-state index contributed by atoms with van der Waals surface area (Å²) >= 11 is 0. The lowest BCUT2D eigenvalue weighted by atomic mass is 10.0. The van der Waals surface area contributed by atoms with Crippen molar-refractivity contribution in [2.75, 3.05) is 0 Å². The molecule has 0 aliphatic rings. The molecule has 3 rings (SSSR count). The third-order valence-electron chi connectivity index (χ3n) is 3.56. The summed E-state index contributed by atoms with van der Waals surface area (Å²) in [5.41, 5.74) is 1.22. The number of aromatic nitrogens is 1. The summed E-state index contributed by atoms with van der Waals surface area (Å²) in [5, 5.41) is 8.31. The minimum atomic E-state index is -0.899. The predicted molar refractivity (Wildman–Crippen MR) is 82.6 cm³/mol. The van der Waals surface area contributed by atoms with Crippen LogP contribution in [-0.4, -0.2) is 11.1 Å². The van der Waals surface area contributed by atoms with Gasteiger partial charge in [-0.15, -0.1) is 4.91 Å². The Morgan fingerprint density at radius 2 is 1.86 bits per heavy atom. The van der Waals surface area contributed by atoms with E-state index in [1.807, 2.05) is 12.1 Å². The Hall–Kier alpha value is -2.82. The van der Waals surface area contributed by atoms with E-state index >= 15 is 0 Å². The highest BCUT2D eigenvalue weighted by Gasteiger charge is 2.12. The van der Waals surface area contributed by atoms with Crippen molar-refractivity contribution in [3.63, 3.8) is 0 Å². The molecule has 1 aromatic heterocycles. The van der Waals surface area contributed by atoms with Gasteiger partial charge in [0.25, 0.3) is 0 Å². The van der Waals surface area contributed by atoms with Crippen molar-refractivity contribution in [2.24, 2.45) is 5.18 Å². The van der Waals surface area contributed by atoms with Gasteiger partial charge < -0.3 is 4.52 Å². The van der Waals surface area contributed by atoms with E-state index in [1.165, 1.54) is 22.4 Å². The van der Waals surface area contributed by atoms with Crippen molar-refractivity contribution in [2.45, 2.75) is 19.3 Å². The standard InChI is InChI=1S/C17H14N2O3/c20-17(18-21)16-11-15(22-19-16)7-3-4-12-8-9-13-5-1-2-6-14(13)10-12/h1-2,5-6,8-11H,3-4,7H2. The number of hydrogen-bond acceptors (Lipinski definition) is 4.